The molecule has 0 spiro atoms. The Bertz CT molecular complexity index is 370. The van der Waals surface area contributed by atoms with Gasteiger partial charge in [-0.15, -0.1) is 6.42 Å². The fourth-order valence-corrected chi connectivity index (χ4v) is 1.48. The number of hydrogen-bond donors (Lipinski definition) is 2. The number of carbonyl (C=O) groups excluding carboxylic acids is 2. The van der Waals surface area contributed by atoms with Crippen molar-refractivity contribution >= 4 is 17.8 Å². The van der Waals surface area contributed by atoms with E-state index in [1.165, 1.54) is 4.90 Å². The molecule has 0 aliphatic carbocycles. The van der Waals surface area contributed by atoms with Gasteiger partial charge in [0.1, 0.15) is 11.9 Å². The Morgan fingerprint density at radius 3 is 3.00 bits per heavy atom. The number of terminal acetylenes is 1. The molecule has 0 aromatic heterocycles. The van der Waals surface area contributed by atoms with Gasteiger partial charge in [0, 0.05) is 6.54 Å². The fourth-order valence-electron chi connectivity index (χ4n) is 1.48. The maximum absolute atomic E-state index is 11.4. The summed E-state index contributed by atoms with van der Waals surface area (Å²) in [6.45, 7) is 2.45. The number of aliphatic imine (C=N–C) groups is 1. The summed E-state index contributed by atoms with van der Waals surface area (Å²) in [4.78, 5) is 27.6. The molecule has 0 saturated heterocycles. The van der Waals surface area contributed by atoms with E-state index in [1.807, 2.05) is 6.92 Å². The molecule has 1 unspecified atom stereocenters. The first kappa shape index (κ1) is 12.0. The Hall–Kier alpha value is -2.03. The number of hydrogen-bond acceptors (Lipinski definition) is 3. The van der Waals surface area contributed by atoms with Crippen molar-refractivity contribution in [1.82, 2.24) is 10.2 Å². The van der Waals surface area contributed by atoms with Gasteiger partial charge in [-0.2, -0.15) is 4.99 Å². The van der Waals surface area contributed by atoms with Gasteiger partial charge in [-0.25, -0.2) is 4.79 Å². The Labute approximate surface area is 93.9 Å². The predicted octanol–water partition coefficient (Wildman–Crippen LogP) is -0.693. The second kappa shape index (κ2) is 5.16. The van der Waals surface area contributed by atoms with E-state index >= 15 is 0 Å². The summed E-state index contributed by atoms with van der Waals surface area (Å²) in [5, 5.41) is 2.63. The van der Waals surface area contributed by atoms with Crippen LogP contribution in [0.3, 0.4) is 0 Å². The lowest BCUT2D eigenvalue weighted by Crippen LogP contribution is -2.44. The standard InChI is InChI=1S/C10H14N4O2/c1-3-5-14-7(6-8(15)12-4-2)9(11)13-10(14)16/h1,7H,4-6H2,2H3,(H,12,15)(H2,11,13,16). The lowest BCUT2D eigenvalue weighted by molar-refractivity contribution is -0.121. The number of carbonyl (C=O) groups is 2. The van der Waals surface area contributed by atoms with E-state index in [-0.39, 0.29) is 24.7 Å². The molecule has 3 amide bonds. The van der Waals surface area contributed by atoms with Crippen molar-refractivity contribution in [2.45, 2.75) is 19.4 Å². The normalized spacial score (nSPS) is 19.2. The molecule has 1 aliphatic rings. The highest BCUT2D eigenvalue weighted by molar-refractivity contribution is 6.04. The van der Waals surface area contributed by atoms with Gasteiger partial charge in [-0.3, -0.25) is 4.79 Å². The minimum atomic E-state index is -0.518. The van der Waals surface area contributed by atoms with Crippen LogP contribution in [0.2, 0.25) is 0 Å². The van der Waals surface area contributed by atoms with Crippen molar-refractivity contribution in [3.05, 3.63) is 0 Å². The molecule has 16 heavy (non-hydrogen) atoms. The van der Waals surface area contributed by atoms with Crippen LogP contribution in [0.25, 0.3) is 0 Å². The summed E-state index contributed by atoms with van der Waals surface area (Å²) in [5.74, 6) is 2.31. The summed E-state index contributed by atoms with van der Waals surface area (Å²) < 4.78 is 0. The van der Waals surface area contributed by atoms with Crippen LogP contribution < -0.4 is 11.1 Å². The summed E-state index contributed by atoms with van der Waals surface area (Å²) in [7, 11) is 0. The first-order valence-electron chi connectivity index (χ1n) is 4.95. The SMILES string of the molecule is C#CCN1C(=O)N=C(N)C1CC(=O)NCC. The largest absolute Gasteiger partial charge is 0.385 e. The zero-order valence-electron chi connectivity index (χ0n) is 9.06. The van der Waals surface area contributed by atoms with Crippen LogP contribution in [0.5, 0.6) is 0 Å². The lowest BCUT2D eigenvalue weighted by atomic mass is 10.1. The Balaban J connectivity index is 2.69. The molecule has 6 nitrogen and oxygen atoms in total. The first-order chi connectivity index (χ1) is 7.60. The molecule has 1 atom stereocenters. The van der Waals surface area contributed by atoms with Gasteiger partial charge in [-0.1, -0.05) is 5.92 Å². The molecule has 0 fully saturated rings. The third kappa shape index (κ3) is 2.51. The molecule has 1 rings (SSSR count). The van der Waals surface area contributed by atoms with Crippen molar-refractivity contribution in [3.63, 3.8) is 0 Å². The van der Waals surface area contributed by atoms with Crippen LogP contribution >= 0.6 is 0 Å². The number of amidine groups is 1. The number of nitrogens with one attached hydrogen (secondary N) is 1. The summed E-state index contributed by atoms with van der Waals surface area (Å²) in [6, 6.07) is -1.00. The second-order valence-electron chi connectivity index (χ2n) is 3.32. The topological polar surface area (TPSA) is 87.8 Å². The van der Waals surface area contributed by atoms with Crippen molar-refractivity contribution < 1.29 is 9.59 Å². The molecule has 3 N–H and O–H groups in total. The van der Waals surface area contributed by atoms with Crippen molar-refractivity contribution in [2.75, 3.05) is 13.1 Å². The van der Waals surface area contributed by atoms with Gasteiger partial charge in [-0.05, 0) is 6.92 Å². The maximum atomic E-state index is 11.4. The van der Waals surface area contributed by atoms with E-state index in [1.54, 1.807) is 0 Å². The molecule has 0 radical (unpaired) electrons. The third-order valence-electron chi connectivity index (χ3n) is 2.20. The number of rotatable bonds is 4. The fraction of sp³-hybridized carbons (Fsp3) is 0.500. The van der Waals surface area contributed by atoms with Gasteiger partial charge in [0.15, 0.2) is 0 Å². The molecule has 1 heterocycles. The average molecular weight is 222 g/mol. The van der Waals surface area contributed by atoms with Gasteiger partial charge >= 0.3 is 6.03 Å². The summed E-state index contributed by atoms with van der Waals surface area (Å²) in [6.07, 6.45) is 5.23. The smallest absolute Gasteiger partial charge is 0.346 e. The Morgan fingerprint density at radius 1 is 1.75 bits per heavy atom. The quantitative estimate of drug-likeness (QED) is 0.617. The minimum absolute atomic E-state index is 0.0938. The van der Waals surface area contributed by atoms with Crippen LogP contribution in [-0.2, 0) is 4.79 Å². The summed E-state index contributed by atoms with van der Waals surface area (Å²) >= 11 is 0. The van der Waals surface area contributed by atoms with E-state index in [9.17, 15) is 9.59 Å². The lowest BCUT2D eigenvalue weighted by Gasteiger charge is -2.21. The zero-order chi connectivity index (χ0) is 12.1. The number of nitrogens with zero attached hydrogens (tertiary/aromatic N) is 2. The van der Waals surface area contributed by atoms with Crippen molar-refractivity contribution in [3.8, 4) is 12.3 Å². The van der Waals surface area contributed by atoms with E-state index in [0.717, 1.165) is 0 Å². The van der Waals surface area contributed by atoms with E-state index in [4.69, 9.17) is 12.2 Å². The molecule has 0 saturated carbocycles. The minimum Gasteiger partial charge on any atom is -0.385 e. The molecule has 0 aromatic rings. The maximum Gasteiger partial charge on any atom is 0.346 e. The van der Waals surface area contributed by atoms with Gasteiger partial charge in [0.2, 0.25) is 5.91 Å². The first-order valence-corrected chi connectivity index (χ1v) is 4.95. The van der Waals surface area contributed by atoms with E-state index in [2.05, 4.69) is 16.2 Å². The van der Waals surface area contributed by atoms with Crippen LogP contribution in [-0.4, -0.2) is 41.8 Å². The highest BCUT2D eigenvalue weighted by Crippen LogP contribution is 2.13. The average Bonchev–Trinajstić information content (AvgIpc) is 2.46. The Morgan fingerprint density at radius 2 is 2.44 bits per heavy atom. The second-order valence-corrected chi connectivity index (χ2v) is 3.32. The third-order valence-corrected chi connectivity index (χ3v) is 2.20. The van der Waals surface area contributed by atoms with Crippen LogP contribution in [0.4, 0.5) is 4.79 Å². The molecule has 0 aromatic carbocycles. The van der Waals surface area contributed by atoms with E-state index in [0.29, 0.717) is 6.54 Å². The van der Waals surface area contributed by atoms with Crippen LogP contribution in [0.15, 0.2) is 4.99 Å². The Kier molecular flexibility index (Phi) is 3.89. The molecular weight excluding hydrogens is 208 g/mol. The molecule has 0 bridgehead atoms. The predicted molar refractivity (Wildman–Crippen MR) is 59.6 cm³/mol. The zero-order valence-corrected chi connectivity index (χ0v) is 9.06. The number of urea groups is 1. The number of nitrogens with two attached hydrogens (primary N) is 1. The summed E-state index contributed by atoms with van der Waals surface area (Å²) in [5.41, 5.74) is 5.57. The molecule has 86 valence electrons. The van der Waals surface area contributed by atoms with Crippen molar-refractivity contribution in [2.24, 2.45) is 10.7 Å². The molecule has 1 aliphatic heterocycles. The van der Waals surface area contributed by atoms with Crippen LogP contribution in [0, 0.1) is 12.3 Å². The molecule has 6 heteroatoms. The number of amides is 3. The van der Waals surface area contributed by atoms with E-state index < -0.39 is 12.1 Å². The monoisotopic (exact) mass is 222 g/mol. The molecular formula is C10H14N4O2. The highest BCUT2D eigenvalue weighted by atomic mass is 16.2. The van der Waals surface area contributed by atoms with Gasteiger partial charge < -0.3 is 16.0 Å². The van der Waals surface area contributed by atoms with Gasteiger partial charge in [0.25, 0.3) is 0 Å². The van der Waals surface area contributed by atoms with Crippen LogP contribution in [0.1, 0.15) is 13.3 Å². The highest BCUT2D eigenvalue weighted by Gasteiger charge is 2.33. The van der Waals surface area contributed by atoms with Gasteiger partial charge in [0.05, 0.1) is 13.0 Å². The van der Waals surface area contributed by atoms with Crippen molar-refractivity contribution in [1.29, 1.82) is 0 Å².